The van der Waals surface area contributed by atoms with E-state index in [0.29, 0.717) is 17.0 Å². The lowest BCUT2D eigenvalue weighted by Crippen LogP contribution is -2.14. The van der Waals surface area contributed by atoms with E-state index < -0.39 is 17.6 Å². The van der Waals surface area contributed by atoms with Gasteiger partial charge in [0, 0.05) is 11.8 Å². The maximum atomic E-state index is 13.0. The number of rotatable bonds is 5. The number of benzene rings is 2. The van der Waals surface area contributed by atoms with Crippen LogP contribution < -0.4 is 10.5 Å². The van der Waals surface area contributed by atoms with Gasteiger partial charge in [-0.05, 0) is 29.8 Å². The lowest BCUT2D eigenvalue weighted by molar-refractivity contribution is -0.147. The van der Waals surface area contributed by atoms with Crippen LogP contribution in [0.5, 0.6) is 5.75 Å². The largest absolute Gasteiger partial charge is 0.482 e. The molecule has 0 heterocycles. The van der Waals surface area contributed by atoms with Crippen LogP contribution in [0.25, 0.3) is 0 Å². The van der Waals surface area contributed by atoms with Gasteiger partial charge in [0.1, 0.15) is 12.4 Å². The topological polar surface area (TPSA) is 61.5 Å². The summed E-state index contributed by atoms with van der Waals surface area (Å²) in [6.07, 6.45) is 0. The van der Waals surface area contributed by atoms with Crippen molar-refractivity contribution >= 4 is 11.7 Å². The van der Waals surface area contributed by atoms with Gasteiger partial charge >= 0.3 is 5.97 Å². The highest BCUT2D eigenvalue weighted by molar-refractivity contribution is 5.71. The number of anilines is 1. The molecule has 0 bridgehead atoms. The molecule has 2 aromatic carbocycles. The first-order valence-corrected chi connectivity index (χ1v) is 6.12. The zero-order valence-electron chi connectivity index (χ0n) is 11.0. The predicted octanol–water partition coefficient (Wildman–Crippen LogP) is 2.67. The molecule has 0 radical (unpaired) electrons. The SMILES string of the molecule is Nc1cccc(OCC(=O)OCc2ccc(F)c(F)c2)c1. The molecular formula is C15H13F2NO3. The number of halogens is 2. The van der Waals surface area contributed by atoms with Crippen molar-refractivity contribution in [2.24, 2.45) is 0 Å². The molecule has 110 valence electrons. The van der Waals surface area contributed by atoms with Gasteiger partial charge in [-0.3, -0.25) is 0 Å². The fourth-order valence-electron chi connectivity index (χ4n) is 1.58. The number of nitrogens with two attached hydrogens (primary N) is 1. The van der Waals surface area contributed by atoms with Crippen molar-refractivity contribution in [1.29, 1.82) is 0 Å². The molecular weight excluding hydrogens is 280 g/mol. The Morgan fingerprint density at radius 2 is 1.90 bits per heavy atom. The van der Waals surface area contributed by atoms with Crippen LogP contribution in [0, 0.1) is 11.6 Å². The molecule has 0 aliphatic carbocycles. The highest BCUT2D eigenvalue weighted by atomic mass is 19.2. The highest BCUT2D eigenvalue weighted by Gasteiger charge is 2.07. The van der Waals surface area contributed by atoms with Crippen LogP contribution in [-0.2, 0) is 16.1 Å². The molecule has 0 atom stereocenters. The van der Waals surface area contributed by atoms with Crippen molar-refractivity contribution in [2.75, 3.05) is 12.3 Å². The van der Waals surface area contributed by atoms with Crippen molar-refractivity contribution in [3.63, 3.8) is 0 Å². The van der Waals surface area contributed by atoms with Gasteiger partial charge in [0.2, 0.25) is 0 Å². The number of hydrogen-bond donors (Lipinski definition) is 1. The molecule has 0 aliphatic heterocycles. The van der Waals surface area contributed by atoms with E-state index in [0.717, 1.165) is 12.1 Å². The van der Waals surface area contributed by atoms with Gasteiger partial charge < -0.3 is 15.2 Å². The van der Waals surface area contributed by atoms with E-state index in [9.17, 15) is 13.6 Å². The van der Waals surface area contributed by atoms with Gasteiger partial charge in [-0.2, -0.15) is 0 Å². The number of esters is 1. The first-order chi connectivity index (χ1) is 10.0. The Balaban J connectivity index is 1.80. The quantitative estimate of drug-likeness (QED) is 0.680. The molecule has 0 saturated heterocycles. The molecule has 0 spiro atoms. The molecule has 0 fully saturated rings. The van der Waals surface area contributed by atoms with Crippen molar-refractivity contribution in [3.8, 4) is 5.75 Å². The Morgan fingerprint density at radius 3 is 2.62 bits per heavy atom. The molecule has 0 saturated carbocycles. The molecule has 6 heteroatoms. The lowest BCUT2D eigenvalue weighted by atomic mass is 10.2. The van der Waals surface area contributed by atoms with Crippen LogP contribution in [-0.4, -0.2) is 12.6 Å². The minimum absolute atomic E-state index is 0.156. The molecule has 21 heavy (non-hydrogen) atoms. The number of nitrogen functional groups attached to an aromatic ring is 1. The standard InChI is InChI=1S/C15H13F2NO3/c16-13-5-4-10(6-14(13)17)8-21-15(19)9-20-12-3-1-2-11(18)7-12/h1-7H,8-9,18H2. The smallest absolute Gasteiger partial charge is 0.344 e. The normalized spacial score (nSPS) is 10.2. The van der Waals surface area contributed by atoms with Crippen LogP contribution in [0.4, 0.5) is 14.5 Å². The zero-order chi connectivity index (χ0) is 15.2. The molecule has 0 unspecified atom stereocenters. The third kappa shape index (κ3) is 4.45. The van der Waals surface area contributed by atoms with Gasteiger partial charge in [-0.1, -0.05) is 12.1 Å². The number of carbonyl (C=O) groups is 1. The first-order valence-electron chi connectivity index (χ1n) is 6.12. The van der Waals surface area contributed by atoms with E-state index in [1.807, 2.05) is 0 Å². The molecule has 0 aliphatic rings. The van der Waals surface area contributed by atoms with E-state index in [2.05, 4.69) is 0 Å². The number of hydrogen-bond acceptors (Lipinski definition) is 4. The lowest BCUT2D eigenvalue weighted by Gasteiger charge is -2.07. The molecule has 4 nitrogen and oxygen atoms in total. The van der Waals surface area contributed by atoms with Crippen molar-refractivity contribution in [1.82, 2.24) is 0 Å². The van der Waals surface area contributed by atoms with Crippen LogP contribution in [0.15, 0.2) is 42.5 Å². The first kappa shape index (κ1) is 14.8. The second-order valence-corrected chi connectivity index (χ2v) is 4.27. The summed E-state index contributed by atoms with van der Waals surface area (Å²) in [7, 11) is 0. The fourth-order valence-corrected chi connectivity index (χ4v) is 1.58. The average molecular weight is 293 g/mol. The minimum atomic E-state index is -0.987. The van der Waals surface area contributed by atoms with Gasteiger partial charge in [0.15, 0.2) is 18.2 Å². The monoisotopic (exact) mass is 293 g/mol. The minimum Gasteiger partial charge on any atom is -0.482 e. The van der Waals surface area contributed by atoms with Crippen molar-refractivity contribution in [3.05, 3.63) is 59.7 Å². The van der Waals surface area contributed by atoms with E-state index in [-0.39, 0.29) is 13.2 Å². The summed E-state index contributed by atoms with van der Waals surface area (Å²) in [4.78, 5) is 11.5. The number of ether oxygens (including phenoxy) is 2. The molecule has 0 aromatic heterocycles. The second kappa shape index (κ2) is 6.69. The Bertz CT molecular complexity index is 647. The summed E-state index contributed by atoms with van der Waals surface area (Å²) in [6.45, 7) is -0.455. The van der Waals surface area contributed by atoms with E-state index in [4.69, 9.17) is 15.2 Å². The van der Waals surface area contributed by atoms with E-state index >= 15 is 0 Å². The summed E-state index contributed by atoms with van der Waals surface area (Å²) >= 11 is 0. The predicted molar refractivity (Wildman–Crippen MR) is 72.5 cm³/mol. The van der Waals surface area contributed by atoms with Crippen LogP contribution in [0.1, 0.15) is 5.56 Å². The average Bonchev–Trinajstić information content (AvgIpc) is 2.46. The molecule has 0 amide bonds. The summed E-state index contributed by atoms with van der Waals surface area (Å²) < 4.78 is 35.8. The Morgan fingerprint density at radius 1 is 1.10 bits per heavy atom. The van der Waals surface area contributed by atoms with Crippen LogP contribution in [0.2, 0.25) is 0 Å². The summed E-state index contributed by atoms with van der Waals surface area (Å²) in [6, 6.07) is 9.89. The number of carbonyl (C=O) groups excluding carboxylic acids is 1. The van der Waals surface area contributed by atoms with Gasteiger partial charge in [-0.15, -0.1) is 0 Å². The summed E-state index contributed by atoms with van der Waals surface area (Å²) in [5, 5.41) is 0. The van der Waals surface area contributed by atoms with Gasteiger partial charge in [0.05, 0.1) is 0 Å². The fraction of sp³-hybridized carbons (Fsp3) is 0.133. The van der Waals surface area contributed by atoms with Crippen LogP contribution >= 0.6 is 0 Å². The second-order valence-electron chi connectivity index (χ2n) is 4.27. The van der Waals surface area contributed by atoms with Gasteiger partial charge in [-0.25, -0.2) is 13.6 Å². The van der Waals surface area contributed by atoms with Crippen LogP contribution in [0.3, 0.4) is 0 Å². The van der Waals surface area contributed by atoms with Crippen molar-refractivity contribution in [2.45, 2.75) is 6.61 Å². The highest BCUT2D eigenvalue weighted by Crippen LogP contribution is 2.14. The maximum absolute atomic E-state index is 13.0. The van der Waals surface area contributed by atoms with E-state index in [1.165, 1.54) is 6.07 Å². The Hall–Kier alpha value is -2.63. The summed E-state index contributed by atoms with van der Waals surface area (Å²) in [5.74, 6) is -2.11. The molecule has 2 aromatic rings. The van der Waals surface area contributed by atoms with Gasteiger partial charge in [0.25, 0.3) is 0 Å². The van der Waals surface area contributed by atoms with E-state index in [1.54, 1.807) is 24.3 Å². The molecule has 2 rings (SSSR count). The van der Waals surface area contributed by atoms with Crippen molar-refractivity contribution < 1.29 is 23.0 Å². The maximum Gasteiger partial charge on any atom is 0.344 e. The third-order valence-electron chi connectivity index (χ3n) is 2.60. The Labute approximate surface area is 120 Å². The Kier molecular flexibility index (Phi) is 4.71. The third-order valence-corrected chi connectivity index (χ3v) is 2.60. The summed E-state index contributed by atoms with van der Waals surface area (Å²) in [5.41, 5.74) is 6.43. The molecule has 2 N–H and O–H groups in total. The zero-order valence-corrected chi connectivity index (χ0v) is 11.0.